The normalized spacial score (nSPS) is 13.4. The van der Waals surface area contributed by atoms with Crippen LogP contribution in [-0.2, 0) is 6.42 Å². The third kappa shape index (κ3) is 1.73. The molecule has 1 aromatic heterocycles. The third-order valence-corrected chi connectivity index (χ3v) is 1.07. The first-order valence-electron chi connectivity index (χ1n) is 3.06. The minimum atomic E-state index is -0.410. The average Bonchev–Trinajstić information content (AvgIpc) is 2.13. The van der Waals surface area contributed by atoms with Crippen molar-refractivity contribution in [2.24, 2.45) is 0 Å². The van der Waals surface area contributed by atoms with Gasteiger partial charge < -0.3 is 15.3 Å². The van der Waals surface area contributed by atoms with E-state index in [0.717, 1.165) is 0 Å². The van der Waals surface area contributed by atoms with Crippen molar-refractivity contribution in [2.75, 3.05) is 5.73 Å². The second-order valence-electron chi connectivity index (χ2n) is 2.22. The van der Waals surface area contributed by atoms with Crippen molar-refractivity contribution in [1.82, 2.24) is 4.98 Å². The Kier molecular flexibility index (Phi) is 1.91. The predicted octanol–water partition coefficient (Wildman–Crippen LogP) is 0.180. The fourth-order valence-corrected chi connectivity index (χ4v) is 0.708. The van der Waals surface area contributed by atoms with Crippen LogP contribution in [0, 0.1) is 0 Å². The van der Waals surface area contributed by atoms with Gasteiger partial charge in [0.1, 0.15) is 5.76 Å². The quantitative estimate of drug-likeness (QED) is 0.617. The highest BCUT2D eigenvalue weighted by atomic mass is 16.4. The number of oxazole rings is 1. The molecule has 0 aliphatic heterocycles. The molecule has 0 aliphatic carbocycles. The molecule has 0 saturated carbocycles. The van der Waals surface area contributed by atoms with Crippen LogP contribution in [0.5, 0.6) is 0 Å². The van der Waals surface area contributed by atoms with Crippen LogP contribution < -0.4 is 5.73 Å². The van der Waals surface area contributed by atoms with Crippen molar-refractivity contribution in [3.63, 3.8) is 0 Å². The monoisotopic (exact) mass is 142 g/mol. The summed E-state index contributed by atoms with van der Waals surface area (Å²) in [6, 6.07) is 0.149. The van der Waals surface area contributed by atoms with Gasteiger partial charge in [0.2, 0.25) is 0 Å². The zero-order valence-electron chi connectivity index (χ0n) is 5.74. The summed E-state index contributed by atoms with van der Waals surface area (Å²) < 4.78 is 4.90. The second-order valence-corrected chi connectivity index (χ2v) is 2.22. The molecule has 0 bridgehead atoms. The predicted molar refractivity (Wildman–Crippen MR) is 36.3 cm³/mol. The van der Waals surface area contributed by atoms with Gasteiger partial charge in [-0.2, -0.15) is 0 Å². The maximum absolute atomic E-state index is 8.89. The van der Waals surface area contributed by atoms with Gasteiger partial charge in [-0.1, -0.05) is 0 Å². The average molecular weight is 142 g/mol. The number of nitrogen functional groups attached to an aromatic ring is 1. The van der Waals surface area contributed by atoms with Gasteiger partial charge in [0.15, 0.2) is 0 Å². The van der Waals surface area contributed by atoms with Gasteiger partial charge >= 0.3 is 0 Å². The lowest BCUT2D eigenvalue weighted by Crippen LogP contribution is -2.02. The van der Waals surface area contributed by atoms with Gasteiger partial charge in [-0.05, 0) is 6.92 Å². The summed E-state index contributed by atoms with van der Waals surface area (Å²) in [7, 11) is 0. The van der Waals surface area contributed by atoms with E-state index in [1.165, 1.54) is 6.20 Å². The zero-order chi connectivity index (χ0) is 7.56. The summed E-state index contributed by atoms with van der Waals surface area (Å²) in [5.74, 6) is 0.618. The van der Waals surface area contributed by atoms with Crippen molar-refractivity contribution >= 4 is 6.01 Å². The van der Waals surface area contributed by atoms with Crippen molar-refractivity contribution < 1.29 is 9.52 Å². The number of aliphatic hydroxyl groups is 1. The number of anilines is 1. The van der Waals surface area contributed by atoms with Crippen molar-refractivity contribution in [3.05, 3.63) is 12.0 Å². The number of hydrogen-bond acceptors (Lipinski definition) is 4. The highest BCUT2D eigenvalue weighted by molar-refractivity contribution is 5.11. The first kappa shape index (κ1) is 7.08. The van der Waals surface area contributed by atoms with Crippen LogP contribution >= 0.6 is 0 Å². The Balaban J connectivity index is 2.58. The molecule has 10 heavy (non-hydrogen) atoms. The molecule has 4 nitrogen and oxygen atoms in total. The van der Waals surface area contributed by atoms with Crippen LogP contribution in [0.15, 0.2) is 10.6 Å². The summed E-state index contributed by atoms with van der Waals surface area (Å²) in [5.41, 5.74) is 5.19. The van der Waals surface area contributed by atoms with Crippen LogP contribution in [0.4, 0.5) is 6.01 Å². The van der Waals surface area contributed by atoms with Crippen LogP contribution in [0.1, 0.15) is 12.7 Å². The molecular weight excluding hydrogens is 132 g/mol. The van der Waals surface area contributed by atoms with E-state index < -0.39 is 6.10 Å². The van der Waals surface area contributed by atoms with Gasteiger partial charge in [0.25, 0.3) is 6.01 Å². The summed E-state index contributed by atoms with van der Waals surface area (Å²) in [5, 5.41) is 8.89. The molecular formula is C6H10N2O2. The molecule has 0 spiro atoms. The molecule has 1 aromatic rings. The Morgan fingerprint density at radius 1 is 1.90 bits per heavy atom. The van der Waals surface area contributed by atoms with Crippen LogP contribution in [0.3, 0.4) is 0 Å². The van der Waals surface area contributed by atoms with Crippen molar-refractivity contribution in [1.29, 1.82) is 0 Å². The first-order chi connectivity index (χ1) is 4.68. The number of aromatic nitrogens is 1. The van der Waals surface area contributed by atoms with E-state index >= 15 is 0 Å². The third-order valence-electron chi connectivity index (χ3n) is 1.07. The number of nitrogens with two attached hydrogens (primary N) is 1. The van der Waals surface area contributed by atoms with Crippen LogP contribution in [0.25, 0.3) is 0 Å². The molecule has 0 aromatic carbocycles. The SMILES string of the molecule is CC(O)Cc1cnc(N)o1. The van der Waals surface area contributed by atoms with Gasteiger partial charge in [-0.25, -0.2) is 4.98 Å². The number of hydrogen-bond donors (Lipinski definition) is 2. The van der Waals surface area contributed by atoms with E-state index in [-0.39, 0.29) is 6.01 Å². The van der Waals surface area contributed by atoms with E-state index in [2.05, 4.69) is 4.98 Å². The number of nitrogens with zero attached hydrogens (tertiary/aromatic N) is 1. The molecule has 0 radical (unpaired) electrons. The Morgan fingerprint density at radius 3 is 3.00 bits per heavy atom. The maximum atomic E-state index is 8.89. The Bertz CT molecular complexity index is 207. The van der Waals surface area contributed by atoms with Crippen molar-refractivity contribution in [2.45, 2.75) is 19.4 Å². The molecule has 4 heteroatoms. The molecule has 1 unspecified atom stereocenters. The van der Waals surface area contributed by atoms with E-state index in [4.69, 9.17) is 15.3 Å². The molecule has 0 aliphatic rings. The van der Waals surface area contributed by atoms with Gasteiger partial charge in [-0.3, -0.25) is 0 Å². The molecule has 0 amide bonds. The molecule has 56 valence electrons. The Hall–Kier alpha value is -1.03. The number of rotatable bonds is 2. The molecule has 3 N–H and O–H groups in total. The van der Waals surface area contributed by atoms with Crippen LogP contribution in [0.2, 0.25) is 0 Å². The fraction of sp³-hybridized carbons (Fsp3) is 0.500. The summed E-state index contributed by atoms with van der Waals surface area (Å²) >= 11 is 0. The van der Waals surface area contributed by atoms with E-state index in [1.807, 2.05) is 0 Å². The number of aliphatic hydroxyl groups excluding tert-OH is 1. The molecule has 1 heterocycles. The first-order valence-corrected chi connectivity index (χ1v) is 3.06. The Morgan fingerprint density at radius 2 is 2.60 bits per heavy atom. The van der Waals surface area contributed by atoms with E-state index in [9.17, 15) is 0 Å². The highest BCUT2D eigenvalue weighted by Gasteiger charge is 2.03. The minimum Gasteiger partial charge on any atom is -0.429 e. The topological polar surface area (TPSA) is 72.3 Å². The van der Waals surface area contributed by atoms with Gasteiger partial charge in [0.05, 0.1) is 12.3 Å². The molecule has 0 fully saturated rings. The smallest absolute Gasteiger partial charge is 0.292 e. The molecule has 1 rings (SSSR count). The minimum absolute atomic E-state index is 0.149. The fourth-order valence-electron chi connectivity index (χ4n) is 0.708. The largest absolute Gasteiger partial charge is 0.429 e. The maximum Gasteiger partial charge on any atom is 0.292 e. The zero-order valence-corrected chi connectivity index (χ0v) is 5.74. The van der Waals surface area contributed by atoms with E-state index in [0.29, 0.717) is 12.2 Å². The summed E-state index contributed by atoms with van der Waals surface area (Å²) in [6.45, 7) is 1.68. The molecule has 1 atom stereocenters. The van der Waals surface area contributed by atoms with Crippen LogP contribution in [-0.4, -0.2) is 16.2 Å². The lowest BCUT2D eigenvalue weighted by Gasteiger charge is -1.96. The highest BCUT2D eigenvalue weighted by Crippen LogP contribution is 2.06. The van der Waals surface area contributed by atoms with Crippen molar-refractivity contribution in [3.8, 4) is 0 Å². The van der Waals surface area contributed by atoms with Gasteiger partial charge in [0, 0.05) is 6.42 Å². The summed E-state index contributed by atoms with van der Waals surface area (Å²) in [6.07, 6.45) is 1.57. The Labute approximate surface area is 58.7 Å². The lowest BCUT2D eigenvalue weighted by molar-refractivity contribution is 0.187. The van der Waals surface area contributed by atoms with E-state index in [1.54, 1.807) is 6.92 Å². The summed E-state index contributed by atoms with van der Waals surface area (Å²) in [4.78, 5) is 3.67. The second kappa shape index (κ2) is 2.70. The lowest BCUT2D eigenvalue weighted by atomic mass is 10.2. The molecule has 0 saturated heterocycles. The van der Waals surface area contributed by atoms with Gasteiger partial charge in [-0.15, -0.1) is 0 Å². The standard InChI is InChI=1S/C6H10N2O2/c1-4(9)2-5-3-8-6(7)10-5/h3-4,9H,2H2,1H3,(H2,7,8).